The maximum Gasteiger partial charge on any atom is 0.0303 e. The van der Waals surface area contributed by atoms with E-state index < -0.39 is 7.92 Å². The van der Waals surface area contributed by atoms with Gasteiger partial charge in [-0.05, 0) is 30.2 Å². The van der Waals surface area contributed by atoms with Crippen molar-refractivity contribution in [2.75, 3.05) is 12.7 Å². The molecule has 18 heavy (non-hydrogen) atoms. The molecule has 0 atom stereocenters. The van der Waals surface area contributed by atoms with Crippen LogP contribution in [0, 0.1) is 0 Å². The summed E-state index contributed by atoms with van der Waals surface area (Å²) in [6, 6.07) is 20.9. The zero-order valence-corrected chi connectivity index (χ0v) is 10.9. The average molecular weight is 255 g/mol. The van der Waals surface area contributed by atoms with E-state index in [2.05, 4.69) is 58.6 Å². The minimum atomic E-state index is -0.427. The lowest BCUT2D eigenvalue weighted by Gasteiger charge is -2.17. The molecule has 0 aromatic heterocycles. The van der Waals surface area contributed by atoms with Gasteiger partial charge < -0.3 is 0 Å². The fraction of sp³-hybridized carbons (Fsp3) is 0.143. The van der Waals surface area contributed by atoms with E-state index in [9.17, 15) is 0 Å². The molecule has 0 aliphatic rings. The smallest absolute Gasteiger partial charge is 0.0303 e. The van der Waals surface area contributed by atoms with Crippen LogP contribution in [0.5, 0.6) is 0 Å². The maximum atomic E-state index is 8.39. The lowest BCUT2D eigenvalue weighted by Crippen LogP contribution is -2.14. The number of azide groups is 1. The van der Waals surface area contributed by atoms with E-state index in [-0.39, 0.29) is 0 Å². The Morgan fingerprint density at radius 1 is 0.889 bits per heavy atom. The quantitative estimate of drug-likeness (QED) is 0.340. The first kappa shape index (κ1) is 12.6. The van der Waals surface area contributed by atoms with Crippen molar-refractivity contribution in [3.8, 4) is 0 Å². The summed E-state index contributed by atoms with van der Waals surface area (Å²) in [6.45, 7) is 0.548. The number of hydrogen-bond donors (Lipinski definition) is 0. The van der Waals surface area contributed by atoms with Gasteiger partial charge in [-0.1, -0.05) is 65.8 Å². The third-order valence-corrected chi connectivity index (χ3v) is 5.11. The molecule has 0 saturated carbocycles. The van der Waals surface area contributed by atoms with Gasteiger partial charge in [0.1, 0.15) is 0 Å². The predicted molar refractivity (Wildman–Crippen MR) is 78.0 cm³/mol. The number of rotatable bonds is 5. The third kappa shape index (κ3) is 3.33. The third-order valence-electron chi connectivity index (χ3n) is 2.62. The van der Waals surface area contributed by atoms with Gasteiger partial charge in [-0.3, -0.25) is 0 Å². The summed E-state index contributed by atoms with van der Waals surface area (Å²) in [7, 11) is -0.427. The molecule has 0 aliphatic carbocycles. The van der Waals surface area contributed by atoms with Crippen molar-refractivity contribution in [2.45, 2.75) is 0 Å². The highest BCUT2D eigenvalue weighted by Gasteiger charge is 2.11. The highest BCUT2D eigenvalue weighted by atomic mass is 31.1. The summed E-state index contributed by atoms with van der Waals surface area (Å²) in [5, 5.41) is 6.31. The zero-order chi connectivity index (χ0) is 12.6. The molecule has 90 valence electrons. The highest BCUT2D eigenvalue weighted by Crippen LogP contribution is 2.32. The molecular weight excluding hydrogens is 241 g/mol. The van der Waals surface area contributed by atoms with Crippen molar-refractivity contribution in [3.05, 3.63) is 71.1 Å². The van der Waals surface area contributed by atoms with Crippen molar-refractivity contribution >= 4 is 18.5 Å². The number of benzene rings is 2. The molecule has 0 saturated heterocycles. The first-order valence-electron chi connectivity index (χ1n) is 5.80. The Hall–Kier alpha value is -1.82. The van der Waals surface area contributed by atoms with Gasteiger partial charge in [0.05, 0.1) is 0 Å². The van der Waals surface area contributed by atoms with E-state index in [1.807, 2.05) is 12.1 Å². The number of nitrogens with zero attached hydrogens (tertiary/aromatic N) is 3. The SMILES string of the molecule is [N-]=[N+]=NCCP(c1ccccc1)c1ccccc1. The Morgan fingerprint density at radius 2 is 1.39 bits per heavy atom. The normalized spacial score (nSPS) is 10.1. The molecule has 0 spiro atoms. The Bertz CT molecular complexity index is 482. The molecule has 4 heteroatoms. The summed E-state index contributed by atoms with van der Waals surface area (Å²) in [4.78, 5) is 2.83. The lowest BCUT2D eigenvalue weighted by atomic mass is 10.4. The fourth-order valence-electron chi connectivity index (χ4n) is 1.81. The molecule has 0 radical (unpaired) electrons. The number of hydrogen-bond acceptors (Lipinski definition) is 1. The highest BCUT2D eigenvalue weighted by molar-refractivity contribution is 7.73. The molecule has 3 nitrogen and oxygen atoms in total. The van der Waals surface area contributed by atoms with Crippen LogP contribution >= 0.6 is 7.92 Å². The van der Waals surface area contributed by atoms with E-state index in [1.165, 1.54) is 10.6 Å². The Labute approximate surface area is 108 Å². The lowest BCUT2D eigenvalue weighted by molar-refractivity contribution is 1.12. The van der Waals surface area contributed by atoms with Crippen LogP contribution < -0.4 is 10.6 Å². The van der Waals surface area contributed by atoms with Gasteiger partial charge in [-0.25, -0.2) is 0 Å². The molecule has 0 fully saturated rings. The van der Waals surface area contributed by atoms with Gasteiger partial charge in [0.25, 0.3) is 0 Å². The van der Waals surface area contributed by atoms with Crippen LogP contribution in [0.3, 0.4) is 0 Å². The molecule has 0 N–H and O–H groups in total. The molecule has 2 aromatic rings. The van der Waals surface area contributed by atoms with Crippen LogP contribution in [-0.2, 0) is 0 Å². The summed E-state index contributed by atoms with van der Waals surface area (Å²) in [5.74, 6) is 0. The summed E-state index contributed by atoms with van der Waals surface area (Å²) in [5.41, 5.74) is 8.39. The second-order valence-electron chi connectivity index (χ2n) is 3.78. The molecule has 0 bridgehead atoms. The largest absolute Gasteiger partial charge is 0.0936 e. The first-order chi connectivity index (χ1) is 8.92. The van der Waals surface area contributed by atoms with E-state index in [0.717, 1.165) is 6.16 Å². The van der Waals surface area contributed by atoms with Crippen LogP contribution in [0.25, 0.3) is 10.4 Å². The van der Waals surface area contributed by atoms with Gasteiger partial charge in [-0.2, -0.15) is 0 Å². The molecule has 0 unspecified atom stereocenters. The Balaban J connectivity index is 2.26. The zero-order valence-electron chi connectivity index (χ0n) is 9.98. The van der Waals surface area contributed by atoms with Crippen molar-refractivity contribution in [2.24, 2.45) is 5.11 Å². The molecule has 0 amide bonds. The van der Waals surface area contributed by atoms with E-state index >= 15 is 0 Å². The van der Waals surface area contributed by atoms with Crippen LogP contribution in [0.2, 0.25) is 0 Å². The van der Waals surface area contributed by atoms with E-state index in [4.69, 9.17) is 5.53 Å². The minimum absolute atomic E-state index is 0.427. The van der Waals surface area contributed by atoms with Crippen molar-refractivity contribution in [3.63, 3.8) is 0 Å². The minimum Gasteiger partial charge on any atom is -0.0936 e. The van der Waals surface area contributed by atoms with Crippen LogP contribution in [0.4, 0.5) is 0 Å². The summed E-state index contributed by atoms with van der Waals surface area (Å²) < 4.78 is 0. The topological polar surface area (TPSA) is 48.8 Å². The second kappa shape index (κ2) is 6.80. The van der Waals surface area contributed by atoms with Gasteiger partial charge in [-0.15, -0.1) is 0 Å². The van der Waals surface area contributed by atoms with Gasteiger partial charge >= 0.3 is 0 Å². The van der Waals surface area contributed by atoms with Crippen molar-refractivity contribution in [1.82, 2.24) is 0 Å². The molecule has 2 rings (SSSR count). The molecular formula is C14H14N3P. The monoisotopic (exact) mass is 255 g/mol. The predicted octanol–water partition coefficient (Wildman–Crippen LogP) is 3.43. The van der Waals surface area contributed by atoms with Crippen LogP contribution in [-0.4, -0.2) is 12.7 Å². The fourth-order valence-corrected chi connectivity index (χ4v) is 3.98. The second-order valence-corrected chi connectivity index (χ2v) is 6.11. The van der Waals surface area contributed by atoms with Gasteiger partial charge in [0.15, 0.2) is 0 Å². The van der Waals surface area contributed by atoms with Gasteiger partial charge in [0.2, 0.25) is 0 Å². The maximum absolute atomic E-state index is 8.39. The molecule has 0 aliphatic heterocycles. The van der Waals surface area contributed by atoms with Crippen molar-refractivity contribution < 1.29 is 0 Å². The van der Waals surface area contributed by atoms with E-state index in [0.29, 0.717) is 6.54 Å². The molecule has 0 heterocycles. The Morgan fingerprint density at radius 3 is 1.83 bits per heavy atom. The molecule has 2 aromatic carbocycles. The Kier molecular flexibility index (Phi) is 4.78. The van der Waals surface area contributed by atoms with Gasteiger partial charge in [0, 0.05) is 11.5 Å². The standard InChI is InChI=1S/C14H14N3P/c15-17-16-11-12-18(13-7-3-1-4-8-13)14-9-5-2-6-10-14/h1-10H,11-12H2. The van der Waals surface area contributed by atoms with E-state index in [1.54, 1.807) is 0 Å². The summed E-state index contributed by atoms with van der Waals surface area (Å²) in [6.07, 6.45) is 0.896. The first-order valence-corrected chi connectivity index (χ1v) is 7.33. The van der Waals surface area contributed by atoms with Crippen LogP contribution in [0.15, 0.2) is 65.8 Å². The average Bonchev–Trinajstić information content (AvgIpc) is 2.46. The van der Waals surface area contributed by atoms with Crippen LogP contribution in [0.1, 0.15) is 0 Å². The van der Waals surface area contributed by atoms with Crippen molar-refractivity contribution in [1.29, 1.82) is 0 Å². The summed E-state index contributed by atoms with van der Waals surface area (Å²) >= 11 is 0.